The van der Waals surface area contributed by atoms with Gasteiger partial charge in [-0.2, -0.15) is 5.10 Å². The highest BCUT2D eigenvalue weighted by Gasteiger charge is 2.11. The summed E-state index contributed by atoms with van der Waals surface area (Å²) in [5.41, 5.74) is 4.20. The van der Waals surface area contributed by atoms with Gasteiger partial charge in [0.15, 0.2) is 5.75 Å². The number of hydrogen-bond acceptors (Lipinski definition) is 4. The van der Waals surface area contributed by atoms with E-state index in [2.05, 4.69) is 38.1 Å². The van der Waals surface area contributed by atoms with Crippen LogP contribution in [0.4, 0.5) is 0 Å². The van der Waals surface area contributed by atoms with Crippen LogP contribution in [-0.2, 0) is 6.61 Å². The van der Waals surface area contributed by atoms with Gasteiger partial charge < -0.3 is 4.74 Å². The third-order valence-corrected chi connectivity index (χ3v) is 5.28. The van der Waals surface area contributed by atoms with Gasteiger partial charge in [0.2, 0.25) is 0 Å². The summed E-state index contributed by atoms with van der Waals surface area (Å²) in [5.74, 6) is -0.0933. The van der Waals surface area contributed by atoms with Gasteiger partial charge in [0.05, 0.1) is 21.8 Å². The maximum absolute atomic E-state index is 12.1. The van der Waals surface area contributed by atoms with Gasteiger partial charge in [0, 0.05) is 9.77 Å². The van der Waals surface area contributed by atoms with Crippen LogP contribution in [0.3, 0.4) is 0 Å². The third-order valence-electron chi connectivity index (χ3n) is 3.70. The second-order valence-electron chi connectivity index (χ2n) is 5.77. The monoisotopic (exact) mass is 559 g/mol. The Morgan fingerprint density at radius 1 is 1.14 bits per heavy atom. The number of aromatic nitrogens is 1. The van der Waals surface area contributed by atoms with Crippen molar-refractivity contribution in [1.29, 1.82) is 0 Å². The van der Waals surface area contributed by atoms with E-state index in [1.165, 1.54) is 12.4 Å². The molecule has 0 fully saturated rings. The van der Waals surface area contributed by atoms with Crippen molar-refractivity contribution >= 4 is 69.5 Å². The Balaban J connectivity index is 1.65. The van der Waals surface area contributed by atoms with Crippen LogP contribution in [0.1, 0.15) is 21.5 Å². The zero-order valence-electron chi connectivity index (χ0n) is 14.7. The molecule has 0 bridgehead atoms. The zero-order chi connectivity index (χ0) is 20.8. The predicted molar refractivity (Wildman–Crippen MR) is 124 cm³/mol. The summed E-state index contributed by atoms with van der Waals surface area (Å²) in [5, 5.41) is 4.68. The van der Waals surface area contributed by atoms with Crippen molar-refractivity contribution in [1.82, 2.24) is 10.4 Å². The predicted octanol–water partition coefficient (Wildman–Crippen LogP) is 5.99. The molecule has 0 atom stereocenters. The second-order valence-corrected chi connectivity index (χ2v) is 8.19. The fourth-order valence-corrected chi connectivity index (χ4v) is 3.49. The summed E-state index contributed by atoms with van der Waals surface area (Å²) in [4.78, 5) is 15.9. The van der Waals surface area contributed by atoms with E-state index in [0.717, 1.165) is 9.13 Å². The molecule has 0 radical (unpaired) electrons. The Kier molecular flexibility index (Phi) is 7.71. The van der Waals surface area contributed by atoms with Gasteiger partial charge in [-0.25, -0.2) is 10.4 Å². The minimum absolute atomic E-state index is 0.0981. The number of benzene rings is 2. The van der Waals surface area contributed by atoms with Crippen LogP contribution in [0.5, 0.6) is 5.75 Å². The van der Waals surface area contributed by atoms with E-state index in [9.17, 15) is 4.79 Å². The molecule has 1 N–H and O–H groups in total. The lowest BCUT2D eigenvalue weighted by molar-refractivity contribution is 0.0955. The van der Waals surface area contributed by atoms with E-state index in [1.807, 2.05) is 24.3 Å². The van der Waals surface area contributed by atoms with Gasteiger partial charge in [-0.05, 0) is 70.1 Å². The zero-order valence-corrected chi connectivity index (χ0v) is 19.1. The highest BCUT2D eigenvalue weighted by molar-refractivity contribution is 14.1. The molecule has 5 nitrogen and oxygen atoms in total. The molecular weight excluding hydrogens is 548 g/mol. The molecule has 1 aromatic heterocycles. The third kappa shape index (κ3) is 6.05. The number of carbonyl (C=O) groups excluding carboxylic acids is 1. The summed E-state index contributed by atoms with van der Waals surface area (Å²) >= 11 is 20.7. The molecule has 0 saturated carbocycles. The SMILES string of the molecule is O=C(NN=Cc1cc(Cl)c(OCc2ccc(I)cc2)c(Cl)c1)c1cccnc1Cl. The molecule has 2 aromatic carbocycles. The molecule has 148 valence electrons. The number of halogens is 4. The van der Waals surface area contributed by atoms with Crippen molar-refractivity contribution in [2.24, 2.45) is 5.10 Å². The van der Waals surface area contributed by atoms with Crippen molar-refractivity contribution in [3.8, 4) is 5.75 Å². The second kappa shape index (κ2) is 10.2. The van der Waals surface area contributed by atoms with Crippen molar-refractivity contribution < 1.29 is 9.53 Å². The topological polar surface area (TPSA) is 63.6 Å². The minimum atomic E-state index is -0.478. The molecule has 0 saturated heterocycles. The summed E-state index contributed by atoms with van der Waals surface area (Å²) in [6.45, 7) is 0.339. The summed E-state index contributed by atoms with van der Waals surface area (Å²) < 4.78 is 6.90. The number of amides is 1. The first-order valence-electron chi connectivity index (χ1n) is 8.24. The maximum Gasteiger partial charge on any atom is 0.274 e. The molecular formula is C20H13Cl3IN3O2. The molecule has 9 heteroatoms. The number of rotatable bonds is 6. The molecule has 0 unspecified atom stereocenters. The summed E-state index contributed by atoms with van der Waals surface area (Å²) in [6.07, 6.45) is 2.91. The Bertz CT molecular complexity index is 1040. The molecule has 0 aliphatic carbocycles. The van der Waals surface area contributed by atoms with Crippen molar-refractivity contribution in [3.63, 3.8) is 0 Å². The van der Waals surface area contributed by atoms with E-state index in [0.29, 0.717) is 28.0 Å². The van der Waals surface area contributed by atoms with Crippen LogP contribution >= 0.6 is 57.4 Å². The Morgan fingerprint density at radius 2 is 1.83 bits per heavy atom. The fourth-order valence-electron chi connectivity index (χ4n) is 2.31. The standard InChI is InChI=1S/C20H13Cl3IN3O2/c21-16-8-13(10-26-27-20(28)15-2-1-7-25-19(15)23)9-17(22)18(16)29-11-12-3-5-14(24)6-4-12/h1-10H,11H2,(H,27,28). The van der Waals surface area contributed by atoms with Gasteiger partial charge in [-0.15, -0.1) is 0 Å². The molecule has 0 aliphatic rings. The summed E-state index contributed by atoms with van der Waals surface area (Å²) in [6, 6.07) is 14.4. The number of pyridine rings is 1. The van der Waals surface area contributed by atoms with Gasteiger partial charge in [-0.1, -0.05) is 46.9 Å². The number of carbonyl (C=O) groups is 1. The first-order valence-corrected chi connectivity index (χ1v) is 10.5. The van der Waals surface area contributed by atoms with Gasteiger partial charge >= 0.3 is 0 Å². The normalized spacial score (nSPS) is 10.9. The number of nitrogens with zero attached hydrogens (tertiary/aromatic N) is 2. The van der Waals surface area contributed by atoms with E-state index >= 15 is 0 Å². The van der Waals surface area contributed by atoms with Crippen LogP contribution in [0, 0.1) is 3.57 Å². The highest BCUT2D eigenvalue weighted by Crippen LogP contribution is 2.34. The summed E-state index contributed by atoms with van der Waals surface area (Å²) in [7, 11) is 0. The molecule has 3 aromatic rings. The average molecular weight is 561 g/mol. The van der Waals surface area contributed by atoms with Crippen molar-refractivity contribution in [2.75, 3.05) is 0 Å². The average Bonchev–Trinajstić information content (AvgIpc) is 2.69. The van der Waals surface area contributed by atoms with Crippen molar-refractivity contribution in [3.05, 3.63) is 90.2 Å². The lowest BCUT2D eigenvalue weighted by Gasteiger charge is -2.11. The largest absolute Gasteiger partial charge is 0.486 e. The van der Waals surface area contributed by atoms with Gasteiger partial charge in [-0.3, -0.25) is 4.79 Å². The van der Waals surface area contributed by atoms with Gasteiger partial charge in [0.25, 0.3) is 5.91 Å². The fraction of sp³-hybridized carbons (Fsp3) is 0.0500. The molecule has 29 heavy (non-hydrogen) atoms. The smallest absolute Gasteiger partial charge is 0.274 e. The van der Waals surface area contributed by atoms with E-state index in [-0.39, 0.29) is 10.7 Å². The van der Waals surface area contributed by atoms with Crippen LogP contribution in [0.25, 0.3) is 0 Å². The molecule has 1 heterocycles. The first kappa shape index (κ1) is 21.8. The van der Waals surface area contributed by atoms with Crippen LogP contribution in [-0.4, -0.2) is 17.1 Å². The molecule has 0 spiro atoms. The van der Waals surface area contributed by atoms with Crippen LogP contribution in [0.2, 0.25) is 15.2 Å². The van der Waals surface area contributed by atoms with E-state index in [4.69, 9.17) is 39.5 Å². The number of hydrogen-bond donors (Lipinski definition) is 1. The Labute approximate surface area is 196 Å². The lowest BCUT2D eigenvalue weighted by atomic mass is 10.2. The van der Waals surface area contributed by atoms with Crippen LogP contribution < -0.4 is 10.2 Å². The van der Waals surface area contributed by atoms with Crippen LogP contribution in [0.15, 0.2) is 59.8 Å². The van der Waals surface area contributed by atoms with Crippen molar-refractivity contribution in [2.45, 2.75) is 6.61 Å². The van der Waals surface area contributed by atoms with E-state index < -0.39 is 5.91 Å². The number of ether oxygens (including phenoxy) is 1. The minimum Gasteiger partial charge on any atom is -0.486 e. The number of nitrogens with one attached hydrogen (secondary N) is 1. The Morgan fingerprint density at radius 3 is 2.48 bits per heavy atom. The number of hydrazone groups is 1. The van der Waals surface area contributed by atoms with E-state index in [1.54, 1.807) is 24.3 Å². The van der Waals surface area contributed by atoms with Gasteiger partial charge in [0.1, 0.15) is 11.8 Å². The molecule has 0 aliphatic heterocycles. The molecule has 3 rings (SSSR count). The first-order chi connectivity index (χ1) is 13.9. The quantitative estimate of drug-likeness (QED) is 0.174. The molecule has 1 amide bonds. The maximum atomic E-state index is 12.1. The highest BCUT2D eigenvalue weighted by atomic mass is 127. The lowest BCUT2D eigenvalue weighted by Crippen LogP contribution is -2.18. The Hall–Kier alpha value is -1.87.